The third-order valence-electron chi connectivity index (χ3n) is 3.65. The molecule has 0 amide bonds. The van der Waals surface area contributed by atoms with Gasteiger partial charge in [0.2, 0.25) is 5.78 Å². The summed E-state index contributed by atoms with van der Waals surface area (Å²) >= 11 is 0. The molecular weight excluding hydrogens is 254 g/mol. The standard InChI is InChI=1S/C15H17N3O2/c1-18-14(13(20-2)9-17-18)15(19)11-5-6-12-10(8-11)4-3-7-16-12/h5-6,8-9,16H,3-4,7H2,1-2H3. The SMILES string of the molecule is COc1cnn(C)c1C(=O)c1ccc2c(c1)CCCN2. The van der Waals surface area contributed by atoms with E-state index in [0.717, 1.165) is 25.1 Å². The number of methoxy groups -OCH3 is 1. The fourth-order valence-corrected chi connectivity index (χ4v) is 2.58. The quantitative estimate of drug-likeness (QED) is 0.868. The van der Waals surface area contributed by atoms with E-state index in [4.69, 9.17) is 4.74 Å². The van der Waals surface area contributed by atoms with Crippen molar-refractivity contribution in [2.45, 2.75) is 12.8 Å². The van der Waals surface area contributed by atoms with E-state index in [1.807, 2.05) is 18.2 Å². The third kappa shape index (κ3) is 2.05. The van der Waals surface area contributed by atoms with Crippen LogP contribution in [0, 0.1) is 0 Å². The Kier molecular flexibility index (Phi) is 3.18. The van der Waals surface area contributed by atoms with Crippen molar-refractivity contribution in [2.24, 2.45) is 7.05 Å². The topological polar surface area (TPSA) is 56.2 Å². The summed E-state index contributed by atoms with van der Waals surface area (Å²) in [5.74, 6) is 0.448. The molecule has 2 heterocycles. The van der Waals surface area contributed by atoms with Crippen molar-refractivity contribution >= 4 is 11.5 Å². The molecule has 3 rings (SSSR count). The Labute approximate surface area is 117 Å². The lowest BCUT2D eigenvalue weighted by Gasteiger charge is -2.18. The van der Waals surface area contributed by atoms with Gasteiger partial charge in [-0.05, 0) is 36.6 Å². The Hall–Kier alpha value is -2.30. The maximum atomic E-state index is 12.6. The second kappa shape index (κ2) is 5.00. The molecule has 1 N–H and O–H groups in total. The van der Waals surface area contributed by atoms with E-state index in [1.165, 1.54) is 5.56 Å². The minimum atomic E-state index is -0.0600. The van der Waals surface area contributed by atoms with Gasteiger partial charge in [0.25, 0.3) is 0 Å². The summed E-state index contributed by atoms with van der Waals surface area (Å²) in [5, 5.41) is 7.42. The zero-order valence-electron chi connectivity index (χ0n) is 11.6. The van der Waals surface area contributed by atoms with Crippen molar-refractivity contribution in [2.75, 3.05) is 19.0 Å². The molecule has 0 bridgehead atoms. The van der Waals surface area contributed by atoms with Crippen LogP contribution in [-0.2, 0) is 13.5 Å². The van der Waals surface area contributed by atoms with Gasteiger partial charge in [0.1, 0.15) is 0 Å². The number of anilines is 1. The fourth-order valence-electron chi connectivity index (χ4n) is 2.58. The minimum absolute atomic E-state index is 0.0600. The lowest BCUT2D eigenvalue weighted by atomic mass is 9.98. The van der Waals surface area contributed by atoms with Crippen LogP contribution >= 0.6 is 0 Å². The second-order valence-electron chi connectivity index (χ2n) is 4.92. The van der Waals surface area contributed by atoms with Crippen molar-refractivity contribution in [3.8, 4) is 5.75 Å². The number of nitrogens with zero attached hydrogens (tertiary/aromatic N) is 2. The largest absolute Gasteiger partial charge is 0.493 e. The normalized spacial score (nSPS) is 13.5. The van der Waals surface area contributed by atoms with Gasteiger partial charge < -0.3 is 10.1 Å². The first-order valence-electron chi connectivity index (χ1n) is 6.68. The predicted molar refractivity (Wildman–Crippen MR) is 76.4 cm³/mol. The number of ether oxygens (including phenoxy) is 1. The third-order valence-corrected chi connectivity index (χ3v) is 3.65. The molecule has 0 aliphatic carbocycles. The van der Waals surface area contributed by atoms with Gasteiger partial charge in [-0.3, -0.25) is 9.48 Å². The molecule has 0 saturated heterocycles. The molecule has 5 nitrogen and oxygen atoms in total. The van der Waals surface area contributed by atoms with Crippen LogP contribution in [-0.4, -0.2) is 29.2 Å². The number of benzene rings is 1. The highest BCUT2D eigenvalue weighted by Gasteiger charge is 2.20. The number of aromatic nitrogens is 2. The van der Waals surface area contributed by atoms with Crippen molar-refractivity contribution in [1.82, 2.24) is 9.78 Å². The summed E-state index contributed by atoms with van der Waals surface area (Å²) in [4.78, 5) is 12.6. The van der Waals surface area contributed by atoms with Gasteiger partial charge in [0.05, 0.1) is 13.3 Å². The Morgan fingerprint density at radius 3 is 3.10 bits per heavy atom. The van der Waals surface area contributed by atoms with Crippen LogP contribution in [0.15, 0.2) is 24.4 Å². The van der Waals surface area contributed by atoms with Gasteiger partial charge >= 0.3 is 0 Å². The molecular formula is C15H17N3O2. The van der Waals surface area contributed by atoms with E-state index >= 15 is 0 Å². The second-order valence-corrected chi connectivity index (χ2v) is 4.92. The zero-order chi connectivity index (χ0) is 14.1. The number of fused-ring (bicyclic) bond motifs is 1. The van der Waals surface area contributed by atoms with E-state index in [1.54, 1.807) is 25.0 Å². The van der Waals surface area contributed by atoms with E-state index in [9.17, 15) is 4.79 Å². The van der Waals surface area contributed by atoms with Crippen LogP contribution in [0.3, 0.4) is 0 Å². The number of carbonyl (C=O) groups is 1. The molecule has 1 aromatic carbocycles. The van der Waals surface area contributed by atoms with Crippen LogP contribution in [0.2, 0.25) is 0 Å². The summed E-state index contributed by atoms with van der Waals surface area (Å²) in [5.41, 5.74) is 3.48. The number of hydrogen-bond acceptors (Lipinski definition) is 4. The molecule has 1 aliphatic heterocycles. The fraction of sp³-hybridized carbons (Fsp3) is 0.333. The first-order valence-corrected chi connectivity index (χ1v) is 6.68. The number of carbonyl (C=O) groups excluding carboxylic acids is 1. The molecule has 104 valence electrons. The first-order chi connectivity index (χ1) is 9.70. The molecule has 2 aromatic rings. The number of ketones is 1. The minimum Gasteiger partial charge on any atom is -0.493 e. The van der Waals surface area contributed by atoms with Crippen LogP contribution in [0.5, 0.6) is 5.75 Å². The van der Waals surface area contributed by atoms with Gasteiger partial charge in [-0.1, -0.05) is 0 Å². The maximum absolute atomic E-state index is 12.6. The molecule has 1 aromatic heterocycles. The Bertz CT molecular complexity index is 661. The van der Waals surface area contributed by atoms with Gasteiger partial charge in [-0.2, -0.15) is 5.10 Å². The number of aryl methyl sites for hydroxylation is 2. The summed E-state index contributed by atoms with van der Waals surface area (Å²) in [6.07, 6.45) is 3.67. The zero-order valence-corrected chi connectivity index (χ0v) is 11.6. The average molecular weight is 271 g/mol. The van der Waals surface area contributed by atoms with Crippen LogP contribution in [0.25, 0.3) is 0 Å². The van der Waals surface area contributed by atoms with E-state index < -0.39 is 0 Å². The summed E-state index contributed by atoms with van der Waals surface area (Å²) in [6, 6.07) is 5.80. The molecule has 0 spiro atoms. The smallest absolute Gasteiger partial charge is 0.214 e. The van der Waals surface area contributed by atoms with Gasteiger partial charge in [0.15, 0.2) is 11.4 Å². The average Bonchev–Trinajstić information content (AvgIpc) is 2.87. The number of rotatable bonds is 3. The summed E-state index contributed by atoms with van der Waals surface area (Å²) < 4.78 is 6.76. The molecule has 0 fully saturated rings. The lowest BCUT2D eigenvalue weighted by Crippen LogP contribution is -2.14. The van der Waals surface area contributed by atoms with Crippen LogP contribution in [0.1, 0.15) is 28.0 Å². The molecule has 0 unspecified atom stereocenters. The van der Waals surface area contributed by atoms with Crippen LogP contribution in [0.4, 0.5) is 5.69 Å². The highest BCUT2D eigenvalue weighted by Crippen LogP contribution is 2.26. The Morgan fingerprint density at radius 1 is 1.45 bits per heavy atom. The highest BCUT2D eigenvalue weighted by molar-refractivity contribution is 6.09. The molecule has 20 heavy (non-hydrogen) atoms. The predicted octanol–water partition coefficient (Wildman–Crippen LogP) is 2.02. The van der Waals surface area contributed by atoms with Gasteiger partial charge in [-0.15, -0.1) is 0 Å². The lowest BCUT2D eigenvalue weighted by molar-refractivity contribution is 0.102. The molecule has 5 heteroatoms. The van der Waals surface area contributed by atoms with Gasteiger partial charge in [-0.25, -0.2) is 0 Å². The number of hydrogen-bond donors (Lipinski definition) is 1. The van der Waals surface area contributed by atoms with Crippen LogP contribution < -0.4 is 10.1 Å². The molecule has 0 radical (unpaired) electrons. The van der Waals surface area contributed by atoms with Gasteiger partial charge in [0, 0.05) is 24.8 Å². The summed E-state index contributed by atoms with van der Waals surface area (Å²) in [6.45, 7) is 0.996. The van der Waals surface area contributed by atoms with Crippen molar-refractivity contribution < 1.29 is 9.53 Å². The molecule has 0 atom stereocenters. The molecule has 1 aliphatic rings. The van der Waals surface area contributed by atoms with E-state index in [-0.39, 0.29) is 5.78 Å². The first kappa shape index (κ1) is 12.7. The summed E-state index contributed by atoms with van der Waals surface area (Å²) in [7, 11) is 3.29. The Morgan fingerprint density at radius 2 is 2.30 bits per heavy atom. The maximum Gasteiger partial charge on any atom is 0.214 e. The molecule has 0 saturated carbocycles. The van der Waals surface area contributed by atoms with Crippen molar-refractivity contribution in [1.29, 1.82) is 0 Å². The van der Waals surface area contributed by atoms with E-state index in [2.05, 4.69) is 10.4 Å². The Balaban J connectivity index is 2.00. The van der Waals surface area contributed by atoms with Crippen molar-refractivity contribution in [3.63, 3.8) is 0 Å². The van der Waals surface area contributed by atoms with Crippen molar-refractivity contribution in [3.05, 3.63) is 41.2 Å². The monoisotopic (exact) mass is 271 g/mol. The van der Waals surface area contributed by atoms with E-state index in [0.29, 0.717) is 17.0 Å². The number of nitrogens with one attached hydrogen (secondary N) is 1. The highest BCUT2D eigenvalue weighted by atomic mass is 16.5.